The summed E-state index contributed by atoms with van der Waals surface area (Å²) < 4.78 is 31.1. The van der Waals surface area contributed by atoms with Gasteiger partial charge in [0.15, 0.2) is 0 Å². The van der Waals surface area contributed by atoms with Crippen molar-refractivity contribution >= 4 is 27.0 Å². The molecule has 3 heterocycles. The molecule has 1 atom stereocenters. The van der Waals surface area contributed by atoms with Gasteiger partial charge < -0.3 is 14.3 Å². The van der Waals surface area contributed by atoms with E-state index in [4.69, 9.17) is 9.56 Å². The van der Waals surface area contributed by atoms with Crippen LogP contribution in [0.15, 0.2) is 45.9 Å². The third-order valence-electron chi connectivity index (χ3n) is 6.10. The van der Waals surface area contributed by atoms with Crippen LogP contribution in [0, 0.1) is 0 Å². The first-order chi connectivity index (χ1) is 15.9. The Balaban J connectivity index is 1.43. The van der Waals surface area contributed by atoms with Crippen LogP contribution in [-0.4, -0.2) is 48.4 Å². The zero-order chi connectivity index (χ0) is 23.4. The number of fused-ring (bicyclic) bond motifs is 1. The van der Waals surface area contributed by atoms with Crippen molar-refractivity contribution in [1.29, 1.82) is 0 Å². The molecule has 0 bridgehead atoms. The summed E-state index contributed by atoms with van der Waals surface area (Å²) in [5, 5.41) is 8.32. The van der Waals surface area contributed by atoms with Crippen LogP contribution in [0.5, 0.6) is 0 Å². The van der Waals surface area contributed by atoms with Gasteiger partial charge in [-0.3, -0.25) is 9.69 Å². The molecule has 178 valence electrons. The number of carbonyl (C=O) groups is 1. The van der Waals surface area contributed by atoms with E-state index >= 15 is 0 Å². The Bertz CT molecular complexity index is 1200. The fourth-order valence-corrected chi connectivity index (χ4v) is 5.00. The highest BCUT2D eigenvalue weighted by molar-refractivity contribution is 7.89. The number of nitrogens with one attached hydrogen (secondary N) is 1. The van der Waals surface area contributed by atoms with Gasteiger partial charge in [-0.2, -0.15) is 0 Å². The highest BCUT2D eigenvalue weighted by atomic mass is 32.2. The Morgan fingerprint density at radius 1 is 1.27 bits per heavy atom. The fraction of sp³-hybridized carbons (Fsp3) is 0.478. The number of sulfonamides is 1. The Kier molecular flexibility index (Phi) is 7.16. The van der Waals surface area contributed by atoms with Gasteiger partial charge >= 0.3 is 0 Å². The van der Waals surface area contributed by atoms with Gasteiger partial charge in [0.25, 0.3) is 0 Å². The molecule has 1 unspecified atom stereocenters. The van der Waals surface area contributed by atoms with E-state index in [1.54, 1.807) is 12.3 Å². The molecule has 0 aliphatic carbocycles. The van der Waals surface area contributed by atoms with E-state index < -0.39 is 10.0 Å². The molecule has 1 amide bonds. The number of nitrogens with two attached hydrogens (primary N) is 1. The molecule has 2 aromatic heterocycles. The third kappa shape index (κ3) is 5.45. The van der Waals surface area contributed by atoms with Crippen LogP contribution in [0.3, 0.4) is 0 Å². The van der Waals surface area contributed by atoms with Gasteiger partial charge in [-0.15, -0.1) is 0 Å². The van der Waals surface area contributed by atoms with Crippen molar-refractivity contribution in [3.05, 3.63) is 48.2 Å². The first-order valence-electron chi connectivity index (χ1n) is 11.4. The van der Waals surface area contributed by atoms with E-state index in [1.165, 1.54) is 12.1 Å². The second-order valence-corrected chi connectivity index (χ2v) is 10.0. The standard InChI is InChI=1S/C23H31N5O4S/c1-2-11-28-19-8-7-17(33(24,30)31)15-18(19)26-22(28)9-10-23(29)25-16-20(21-6-5-14-32-21)27-12-3-4-13-27/h5-8,14-15,20H,2-4,9-13,16H2,1H3,(H,25,29)(H2,24,30,31). The minimum absolute atomic E-state index is 0.0336. The van der Waals surface area contributed by atoms with Crippen LogP contribution in [0.4, 0.5) is 0 Å². The summed E-state index contributed by atoms with van der Waals surface area (Å²) in [6, 6.07) is 8.58. The Morgan fingerprint density at radius 3 is 2.73 bits per heavy atom. The zero-order valence-corrected chi connectivity index (χ0v) is 19.7. The Morgan fingerprint density at radius 2 is 2.06 bits per heavy atom. The minimum atomic E-state index is -3.80. The van der Waals surface area contributed by atoms with Crippen molar-refractivity contribution in [3.8, 4) is 0 Å². The van der Waals surface area contributed by atoms with Gasteiger partial charge in [0.05, 0.1) is 28.2 Å². The molecule has 3 aromatic rings. The van der Waals surface area contributed by atoms with Crippen molar-refractivity contribution in [3.63, 3.8) is 0 Å². The number of imidazole rings is 1. The monoisotopic (exact) mass is 473 g/mol. The summed E-state index contributed by atoms with van der Waals surface area (Å²) in [6.07, 6.45) is 5.63. The van der Waals surface area contributed by atoms with E-state index in [1.807, 2.05) is 16.7 Å². The first kappa shape index (κ1) is 23.5. The van der Waals surface area contributed by atoms with E-state index in [-0.39, 0.29) is 16.8 Å². The lowest BCUT2D eigenvalue weighted by Crippen LogP contribution is -2.36. The molecule has 4 rings (SSSR count). The number of likely N-dealkylation sites (tertiary alicyclic amines) is 1. The normalized spacial score (nSPS) is 15.8. The molecule has 1 saturated heterocycles. The number of carbonyl (C=O) groups excluding carboxylic acids is 1. The number of benzene rings is 1. The maximum atomic E-state index is 12.7. The molecule has 0 radical (unpaired) electrons. The molecule has 0 spiro atoms. The van der Waals surface area contributed by atoms with Crippen molar-refractivity contribution < 1.29 is 17.6 Å². The third-order valence-corrected chi connectivity index (χ3v) is 7.01. The lowest BCUT2D eigenvalue weighted by Gasteiger charge is -2.26. The van der Waals surface area contributed by atoms with Crippen LogP contribution in [0.1, 0.15) is 50.2 Å². The summed E-state index contributed by atoms with van der Waals surface area (Å²) in [5.74, 6) is 1.58. The van der Waals surface area contributed by atoms with E-state index in [2.05, 4.69) is 22.1 Å². The van der Waals surface area contributed by atoms with Crippen molar-refractivity contribution in [2.75, 3.05) is 19.6 Å². The second-order valence-electron chi connectivity index (χ2n) is 8.45. The Hall–Kier alpha value is -2.69. The predicted molar refractivity (Wildman–Crippen MR) is 125 cm³/mol. The van der Waals surface area contributed by atoms with Crippen molar-refractivity contribution in [2.24, 2.45) is 5.14 Å². The molecule has 9 nitrogen and oxygen atoms in total. The van der Waals surface area contributed by atoms with E-state index in [0.717, 1.165) is 56.0 Å². The maximum absolute atomic E-state index is 12.7. The summed E-state index contributed by atoms with van der Waals surface area (Å²) in [6.45, 7) is 5.30. The molecule has 1 aliphatic rings. The lowest BCUT2D eigenvalue weighted by atomic mass is 10.2. The van der Waals surface area contributed by atoms with Gasteiger partial charge in [0, 0.05) is 25.9 Å². The van der Waals surface area contributed by atoms with Crippen LogP contribution in [0.2, 0.25) is 0 Å². The van der Waals surface area contributed by atoms with Gasteiger partial charge in [0.1, 0.15) is 11.6 Å². The van der Waals surface area contributed by atoms with Crippen molar-refractivity contribution in [2.45, 2.75) is 56.5 Å². The number of hydrogen-bond donors (Lipinski definition) is 2. The smallest absolute Gasteiger partial charge is 0.238 e. The molecule has 0 saturated carbocycles. The highest BCUT2D eigenvalue weighted by Crippen LogP contribution is 2.25. The summed E-state index contributed by atoms with van der Waals surface area (Å²) >= 11 is 0. The zero-order valence-electron chi connectivity index (χ0n) is 18.9. The predicted octanol–water partition coefficient (Wildman–Crippen LogP) is 2.57. The van der Waals surface area contributed by atoms with Crippen molar-refractivity contribution in [1.82, 2.24) is 19.8 Å². The van der Waals surface area contributed by atoms with Crippen LogP contribution in [0.25, 0.3) is 11.0 Å². The van der Waals surface area contributed by atoms with Gasteiger partial charge in [0.2, 0.25) is 15.9 Å². The number of rotatable bonds is 10. The van der Waals surface area contributed by atoms with E-state index in [9.17, 15) is 13.2 Å². The summed E-state index contributed by atoms with van der Waals surface area (Å²) in [5.41, 5.74) is 1.41. The molecule has 1 aromatic carbocycles. The minimum Gasteiger partial charge on any atom is -0.468 e. The number of primary sulfonamides is 1. The topological polar surface area (TPSA) is 123 Å². The summed E-state index contributed by atoms with van der Waals surface area (Å²) in [7, 11) is -3.80. The number of nitrogens with zero attached hydrogens (tertiary/aromatic N) is 3. The van der Waals surface area contributed by atoms with Crippen LogP contribution < -0.4 is 10.5 Å². The SMILES string of the molecule is CCCn1c(CCC(=O)NCC(c2ccco2)N2CCCC2)nc2cc(S(N)(=O)=O)ccc21. The first-order valence-corrected chi connectivity index (χ1v) is 13.0. The quantitative estimate of drug-likeness (QED) is 0.466. The number of aryl methyl sites for hydroxylation is 2. The number of hydrogen-bond acceptors (Lipinski definition) is 6. The van der Waals surface area contributed by atoms with Gasteiger partial charge in [-0.1, -0.05) is 6.92 Å². The number of amides is 1. The van der Waals surface area contributed by atoms with Gasteiger partial charge in [-0.25, -0.2) is 18.5 Å². The molecule has 1 aliphatic heterocycles. The number of aromatic nitrogens is 2. The number of furan rings is 1. The molecule has 33 heavy (non-hydrogen) atoms. The second kappa shape index (κ2) is 10.1. The molecule has 10 heteroatoms. The molecular weight excluding hydrogens is 442 g/mol. The maximum Gasteiger partial charge on any atom is 0.238 e. The van der Waals surface area contributed by atoms with Gasteiger partial charge in [-0.05, 0) is 62.7 Å². The fourth-order valence-electron chi connectivity index (χ4n) is 4.47. The van der Waals surface area contributed by atoms with Crippen LogP contribution >= 0.6 is 0 Å². The van der Waals surface area contributed by atoms with Crippen LogP contribution in [-0.2, 0) is 27.8 Å². The molecule has 3 N–H and O–H groups in total. The average molecular weight is 474 g/mol. The molecular formula is C23H31N5O4S. The summed E-state index contributed by atoms with van der Waals surface area (Å²) in [4.78, 5) is 19.7. The lowest BCUT2D eigenvalue weighted by molar-refractivity contribution is -0.121. The molecule has 1 fully saturated rings. The largest absolute Gasteiger partial charge is 0.468 e. The average Bonchev–Trinajstić information content (AvgIpc) is 3.54. The highest BCUT2D eigenvalue weighted by Gasteiger charge is 2.26. The van der Waals surface area contributed by atoms with E-state index in [0.29, 0.717) is 24.9 Å². The Labute approximate surface area is 194 Å².